The summed E-state index contributed by atoms with van der Waals surface area (Å²) in [5, 5.41) is 2.74. The fourth-order valence-corrected chi connectivity index (χ4v) is 1.95. The number of carbonyl (C=O) groups excluding carboxylic acids is 1. The second kappa shape index (κ2) is 6.84. The predicted molar refractivity (Wildman–Crippen MR) is 81.1 cm³/mol. The molecule has 116 valence electrons. The van der Waals surface area contributed by atoms with E-state index in [1.807, 2.05) is 0 Å². The van der Waals surface area contributed by atoms with Crippen LogP contribution in [0.4, 0.5) is 0 Å². The van der Waals surface area contributed by atoms with Gasteiger partial charge >= 0.3 is 0 Å². The fourth-order valence-electron chi connectivity index (χ4n) is 1.95. The molecule has 0 saturated heterocycles. The number of ether oxygens (including phenoxy) is 1. The topological polar surface area (TPSA) is 86.1 Å². The Morgan fingerprint density at radius 2 is 2.14 bits per heavy atom. The van der Waals surface area contributed by atoms with E-state index in [2.05, 4.69) is 15.3 Å². The Morgan fingerprint density at radius 1 is 1.36 bits per heavy atom. The molecule has 0 fully saturated rings. The zero-order valence-corrected chi connectivity index (χ0v) is 12.8. The number of aromatic nitrogens is 3. The van der Waals surface area contributed by atoms with E-state index in [9.17, 15) is 9.59 Å². The lowest BCUT2D eigenvalue weighted by Gasteiger charge is -2.10. The molecule has 2 heterocycles. The van der Waals surface area contributed by atoms with Gasteiger partial charge in [-0.25, -0.2) is 9.97 Å². The first-order chi connectivity index (χ1) is 10.5. The third kappa shape index (κ3) is 3.30. The third-order valence-electron chi connectivity index (χ3n) is 3.36. The number of hydrogen-bond donors (Lipinski definition) is 1. The van der Waals surface area contributed by atoms with Gasteiger partial charge in [-0.15, -0.1) is 0 Å². The number of methoxy groups -OCH3 is 1. The van der Waals surface area contributed by atoms with Gasteiger partial charge in [-0.05, 0) is 26.0 Å². The SMILES string of the molecule is COc1ncccc1C(=O)NCCn1cnc(C)c(C)c1=O. The van der Waals surface area contributed by atoms with E-state index in [1.165, 1.54) is 18.0 Å². The van der Waals surface area contributed by atoms with E-state index < -0.39 is 0 Å². The summed E-state index contributed by atoms with van der Waals surface area (Å²) in [6.07, 6.45) is 3.04. The highest BCUT2D eigenvalue weighted by molar-refractivity contribution is 5.96. The second-order valence-electron chi connectivity index (χ2n) is 4.77. The maximum Gasteiger partial charge on any atom is 0.256 e. The number of rotatable bonds is 5. The smallest absolute Gasteiger partial charge is 0.256 e. The fraction of sp³-hybridized carbons (Fsp3) is 0.333. The molecule has 0 aliphatic heterocycles. The van der Waals surface area contributed by atoms with Crippen molar-refractivity contribution in [2.75, 3.05) is 13.7 Å². The highest BCUT2D eigenvalue weighted by Gasteiger charge is 2.12. The molecule has 7 heteroatoms. The highest BCUT2D eigenvalue weighted by atomic mass is 16.5. The molecule has 2 rings (SSSR count). The Bertz CT molecular complexity index is 740. The minimum absolute atomic E-state index is 0.0966. The van der Waals surface area contributed by atoms with Gasteiger partial charge in [0, 0.05) is 30.5 Å². The van der Waals surface area contributed by atoms with Crippen molar-refractivity contribution in [3.8, 4) is 5.88 Å². The summed E-state index contributed by atoms with van der Waals surface area (Å²) >= 11 is 0. The van der Waals surface area contributed by atoms with Gasteiger partial charge in [0.25, 0.3) is 11.5 Å². The number of pyridine rings is 1. The van der Waals surface area contributed by atoms with E-state index in [0.29, 0.717) is 29.9 Å². The molecule has 2 aromatic heterocycles. The van der Waals surface area contributed by atoms with E-state index >= 15 is 0 Å². The lowest BCUT2D eigenvalue weighted by atomic mass is 10.2. The van der Waals surface area contributed by atoms with Crippen LogP contribution < -0.4 is 15.6 Å². The molecule has 7 nitrogen and oxygen atoms in total. The molecule has 0 atom stereocenters. The molecule has 0 bridgehead atoms. The van der Waals surface area contributed by atoms with Gasteiger partial charge in [0.15, 0.2) is 0 Å². The van der Waals surface area contributed by atoms with Gasteiger partial charge in [-0.1, -0.05) is 0 Å². The highest BCUT2D eigenvalue weighted by Crippen LogP contribution is 2.12. The summed E-state index contributed by atoms with van der Waals surface area (Å²) in [7, 11) is 1.46. The van der Waals surface area contributed by atoms with Crippen LogP contribution in [0.1, 0.15) is 21.6 Å². The number of carbonyl (C=O) groups is 1. The first-order valence-corrected chi connectivity index (χ1v) is 6.84. The van der Waals surface area contributed by atoms with Crippen LogP contribution in [0.2, 0.25) is 0 Å². The van der Waals surface area contributed by atoms with Gasteiger partial charge in [0.05, 0.1) is 13.4 Å². The largest absolute Gasteiger partial charge is 0.480 e. The molecule has 0 aromatic carbocycles. The van der Waals surface area contributed by atoms with Gasteiger partial charge in [0.1, 0.15) is 5.56 Å². The van der Waals surface area contributed by atoms with Crippen LogP contribution in [-0.2, 0) is 6.54 Å². The Morgan fingerprint density at radius 3 is 2.86 bits per heavy atom. The molecule has 0 unspecified atom stereocenters. The molecular formula is C15H18N4O3. The second-order valence-corrected chi connectivity index (χ2v) is 4.77. The number of nitrogens with zero attached hydrogens (tertiary/aromatic N) is 3. The number of aryl methyl sites for hydroxylation is 1. The molecule has 0 spiro atoms. The van der Waals surface area contributed by atoms with Gasteiger partial charge in [-0.3, -0.25) is 14.2 Å². The van der Waals surface area contributed by atoms with Crippen LogP contribution in [0, 0.1) is 13.8 Å². The van der Waals surface area contributed by atoms with E-state index in [1.54, 1.807) is 32.2 Å². The lowest BCUT2D eigenvalue weighted by Crippen LogP contribution is -2.32. The molecule has 0 saturated carbocycles. The summed E-state index contributed by atoms with van der Waals surface area (Å²) in [5.41, 5.74) is 1.59. The van der Waals surface area contributed by atoms with Crippen molar-refractivity contribution in [2.24, 2.45) is 0 Å². The third-order valence-corrected chi connectivity index (χ3v) is 3.36. The van der Waals surface area contributed by atoms with Crippen molar-refractivity contribution in [2.45, 2.75) is 20.4 Å². The predicted octanol–water partition coefficient (Wildman–Crippen LogP) is 0.694. The Balaban J connectivity index is 2.01. The van der Waals surface area contributed by atoms with Crippen molar-refractivity contribution in [1.82, 2.24) is 19.9 Å². The van der Waals surface area contributed by atoms with Crippen LogP contribution in [-0.4, -0.2) is 34.1 Å². The summed E-state index contributed by atoms with van der Waals surface area (Å²) in [6, 6.07) is 3.29. The average molecular weight is 302 g/mol. The normalized spacial score (nSPS) is 10.3. The molecule has 0 aliphatic rings. The van der Waals surface area contributed by atoms with Crippen molar-refractivity contribution < 1.29 is 9.53 Å². The first-order valence-electron chi connectivity index (χ1n) is 6.84. The van der Waals surface area contributed by atoms with Crippen LogP contribution >= 0.6 is 0 Å². The summed E-state index contributed by atoms with van der Waals surface area (Å²) in [4.78, 5) is 32.2. The average Bonchev–Trinajstić information content (AvgIpc) is 2.54. The van der Waals surface area contributed by atoms with E-state index in [0.717, 1.165) is 0 Å². The van der Waals surface area contributed by atoms with Crippen molar-refractivity contribution >= 4 is 5.91 Å². The van der Waals surface area contributed by atoms with Crippen molar-refractivity contribution in [3.05, 3.63) is 51.8 Å². The molecule has 2 aromatic rings. The number of amides is 1. The lowest BCUT2D eigenvalue weighted by molar-refractivity contribution is 0.0948. The van der Waals surface area contributed by atoms with E-state index in [4.69, 9.17) is 4.74 Å². The van der Waals surface area contributed by atoms with Crippen molar-refractivity contribution in [3.63, 3.8) is 0 Å². The quantitative estimate of drug-likeness (QED) is 0.878. The first kappa shape index (κ1) is 15.7. The molecule has 0 radical (unpaired) electrons. The Hall–Kier alpha value is -2.70. The minimum atomic E-state index is -0.296. The summed E-state index contributed by atoms with van der Waals surface area (Å²) in [6.45, 7) is 4.18. The van der Waals surface area contributed by atoms with Crippen LogP contribution in [0.3, 0.4) is 0 Å². The Kier molecular flexibility index (Phi) is 4.88. The van der Waals surface area contributed by atoms with E-state index in [-0.39, 0.29) is 17.3 Å². The number of nitrogens with one attached hydrogen (secondary N) is 1. The van der Waals surface area contributed by atoms with Crippen LogP contribution in [0.5, 0.6) is 5.88 Å². The monoisotopic (exact) mass is 302 g/mol. The van der Waals surface area contributed by atoms with Crippen molar-refractivity contribution in [1.29, 1.82) is 0 Å². The number of hydrogen-bond acceptors (Lipinski definition) is 5. The van der Waals surface area contributed by atoms with Gasteiger partial charge < -0.3 is 10.1 Å². The Labute approximate surface area is 128 Å². The molecular weight excluding hydrogens is 284 g/mol. The van der Waals surface area contributed by atoms with Crippen LogP contribution in [0.25, 0.3) is 0 Å². The zero-order chi connectivity index (χ0) is 16.1. The van der Waals surface area contributed by atoms with Crippen LogP contribution in [0.15, 0.2) is 29.5 Å². The van der Waals surface area contributed by atoms with Gasteiger partial charge in [-0.2, -0.15) is 0 Å². The minimum Gasteiger partial charge on any atom is -0.480 e. The molecule has 1 amide bonds. The summed E-state index contributed by atoms with van der Waals surface area (Å²) < 4.78 is 6.52. The maximum absolute atomic E-state index is 12.1. The maximum atomic E-state index is 12.1. The molecule has 22 heavy (non-hydrogen) atoms. The molecule has 0 aliphatic carbocycles. The van der Waals surface area contributed by atoms with Gasteiger partial charge in [0.2, 0.25) is 5.88 Å². The molecule has 1 N–H and O–H groups in total. The zero-order valence-electron chi connectivity index (χ0n) is 12.8. The summed E-state index contributed by atoms with van der Waals surface area (Å²) in [5.74, 6) is -0.0280. The standard InChI is InChI=1S/C15H18N4O3/c1-10-11(2)18-9-19(15(10)21)8-7-16-13(20)12-5-4-6-17-14(12)22-3/h4-6,9H,7-8H2,1-3H3,(H,16,20).